The number of hydroxylamine groups is 1. The second kappa shape index (κ2) is 4.39. The Morgan fingerprint density at radius 2 is 2.07 bits per heavy atom. The van der Waals surface area contributed by atoms with Gasteiger partial charge in [-0.2, -0.15) is 0 Å². The number of sulfonamides is 1. The maximum Gasteiger partial charge on any atom is 0.264 e. The monoisotopic (exact) mass is 279 g/mol. The van der Waals surface area contributed by atoms with Crippen LogP contribution in [0.15, 0.2) is 33.6 Å². The number of hydrogen-bond acceptors (Lipinski definition) is 3. The maximum atomic E-state index is 11.7. The van der Waals surface area contributed by atoms with Crippen molar-refractivity contribution >= 4 is 26.0 Å². The van der Waals surface area contributed by atoms with Gasteiger partial charge in [-0.05, 0) is 18.2 Å². The molecule has 0 N–H and O–H groups in total. The zero-order chi connectivity index (χ0) is 10.8. The Labute approximate surface area is 91.6 Å². The molecule has 0 aromatic heterocycles. The van der Waals surface area contributed by atoms with Gasteiger partial charge in [0.1, 0.15) is 0 Å². The predicted octanol–water partition coefficient (Wildman–Crippen LogP) is 1.63. The minimum absolute atomic E-state index is 0.191. The fraction of sp³-hybridized carbons (Fsp3) is 0.250. The van der Waals surface area contributed by atoms with E-state index < -0.39 is 10.0 Å². The highest BCUT2D eigenvalue weighted by Gasteiger charge is 2.20. The molecule has 0 fully saturated rings. The van der Waals surface area contributed by atoms with Gasteiger partial charge in [0.2, 0.25) is 0 Å². The van der Waals surface area contributed by atoms with Crippen molar-refractivity contribution in [3.05, 3.63) is 28.7 Å². The number of nitrogens with zero attached hydrogens (tertiary/aromatic N) is 1. The molecule has 0 heterocycles. The SMILES string of the molecule is CON(C)S(=O)(=O)c1cccc(Br)c1. The minimum atomic E-state index is -3.53. The van der Waals surface area contributed by atoms with Crippen LogP contribution in [0.2, 0.25) is 0 Å². The van der Waals surface area contributed by atoms with Crippen molar-refractivity contribution in [2.75, 3.05) is 14.2 Å². The van der Waals surface area contributed by atoms with Crippen LogP contribution < -0.4 is 0 Å². The van der Waals surface area contributed by atoms with Gasteiger partial charge in [-0.15, -0.1) is 0 Å². The lowest BCUT2D eigenvalue weighted by Gasteiger charge is -2.13. The molecule has 0 saturated heterocycles. The van der Waals surface area contributed by atoms with Crippen molar-refractivity contribution in [2.45, 2.75) is 4.90 Å². The smallest absolute Gasteiger partial charge is 0.264 e. The highest BCUT2D eigenvalue weighted by Crippen LogP contribution is 2.18. The van der Waals surface area contributed by atoms with Crippen molar-refractivity contribution in [2.24, 2.45) is 0 Å². The van der Waals surface area contributed by atoms with E-state index >= 15 is 0 Å². The maximum absolute atomic E-state index is 11.7. The highest BCUT2D eigenvalue weighted by atomic mass is 79.9. The van der Waals surface area contributed by atoms with Crippen molar-refractivity contribution in [3.63, 3.8) is 0 Å². The van der Waals surface area contributed by atoms with Crippen LogP contribution in [0.3, 0.4) is 0 Å². The summed E-state index contributed by atoms with van der Waals surface area (Å²) in [5.74, 6) is 0. The molecule has 0 unspecified atom stereocenters. The van der Waals surface area contributed by atoms with E-state index in [0.29, 0.717) is 4.47 Å². The van der Waals surface area contributed by atoms with Gasteiger partial charge in [-0.3, -0.25) is 4.84 Å². The van der Waals surface area contributed by atoms with Crippen LogP contribution in [0.25, 0.3) is 0 Å². The largest absolute Gasteiger partial charge is 0.288 e. The van der Waals surface area contributed by atoms with E-state index in [2.05, 4.69) is 20.8 Å². The molecule has 0 aliphatic heterocycles. The first-order valence-corrected chi connectivity index (χ1v) is 6.00. The number of benzene rings is 1. The number of rotatable bonds is 3. The molecule has 0 aliphatic carbocycles. The third kappa shape index (κ3) is 2.33. The first-order chi connectivity index (χ1) is 6.48. The van der Waals surface area contributed by atoms with Crippen LogP contribution in [0.4, 0.5) is 0 Å². The van der Waals surface area contributed by atoms with E-state index in [9.17, 15) is 8.42 Å². The van der Waals surface area contributed by atoms with E-state index in [1.54, 1.807) is 12.1 Å². The summed E-state index contributed by atoms with van der Waals surface area (Å²) in [6.45, 7) is 0. The Bertz CT molecular complexity index is 418. The second-order valence-electron chi connectivity index (χ2n) is 2.55. The summed E-state index contributed by atoms with van der Waals surface area (Å²) in [6.07, 6.45) is 0. The van der Waals surface area contributed by atoms with E-state index in [0.717, 1.165) is 4.47 Å². The molecule has 4 nitrogen and oxygen atoms in total. The van der Waals surface area contributed by atoms with Gasteiger partial charge in [0.25, 0.3) is 10.0 Å². The lowest BCUT2D eigenvalue weighted by Crippen LogP contribution is -2.25. The summed E-state index contributed by atoms with van der Waals surface area (Å²) in [7, 11) is -0.886. The summed E-state index contributed by atoms with van der Waals surface area (Å²) in [4.78, 5) is 4.83. The van der Waals surface area contributed by atoms with E-state index in [1.807, 2.05) is 0 Å². The van der Waals surface area contributed by atoms with Crippen molar-refractivity contribution in [1.29, 1.82) is 0 Å². The summed E-state index contributed by atoms with van der Waals surface area (Å²) in [6, 6.07) is 6.44. The van der Waals surface area contributed by atoms with Crippen molar-refractivity contribution in [3.8, 4) is 0 Å². The summed E-state index contributed by atoms with van der Waals surface area (Å²) >= 11 is 3.20. The molecular formula is C8H10BrNO3S. The van der Waals surface area contributed by atoms with Gasteiger partial charge in [0, 0.05) is 11.5 Å². The normalized spacial score (nSPS) is 12.0. The molecule has 6 heteroatoms. The molecule has 0 spiro atoms. The molecule has 0 bridgehead atoms. The standard InChI is InChI=1S/C8H10BrNO3S/c1-10(13-2)14(11,12)8-5-3-4-7(9)6-8/h3-6H,1-2H3. The van der Waals surface area contributed by atoms with Crippen LogP contribution >= 0.6 is 15.9 Å². The average molecular weight is 280 g/mol. The zero-order valence-corrected chi connectivity index (χ0v) is 10.2. The van der Waals surface area contributed by atoms with Crippen LogP contribution in [-0.2, 0) is 14.9 Å². The van der Waals surface area contributed by atoms with Gasteiger partial charge in [-0.25, -0.2) is 8.42 Å². The average Bonchev–Trinajstić information content (AvgIpc) is 2.16. The van der Waals surface area contributed by atoms with Crippen molar-refractivity contribution < 1.29 is 13.3 Å². The molecule has 0 aliphatic rings. The number of halogens is 1. The molecule has 78 valence electrons. The highest BCUT2D eigenvalue weighted by molar-refractivity contribution is 9.10. The van der Waals surface area contributed by atoms with Gasteiger partial charge < -0.3 is 0 Å². The minimum Gasteiger partial charge on any atom is -0.288 e. The summed E-state index contributed by atoms with van der Waals surface area (Å²) in [5.41, 5.74) is 0. The topological polar surface area (TPSA) is 46.6 Å². The van der Waals surface area contributed by atoms with Gasteiger partial charge in [0.05, 0.1) is 12.0 Å². The van der Waals surface area contributed by atoms with Crippen LogP contribution in [-0.4, -0.2) is 27.0 Å². The molecule has 0 radical (unpaired) electrons. The fourth-order valence-corrected chi connectivity index (χ4v) is 2.44. The lowest BCUT2D eigenvalue weighted by molar-refractivity contribution is -0.0258. The molecular weight excluding hydrogens is 270 g/mol. The van der Waals surface area contributed by atoms with Crippen LogP contribution in [0, 0.1) is 0 Å². The fourth-order valence-electron chi connectivity index (χ4n) is 0.874. The van der Waals surface area contributed by atoms with Crippen LogP contribution in [0.1, 0.15) is 0 Å². The van der Waals surface area contributed by atoms with Crippen molar-refractivity contribution in [1.82, 2.24) is 4.47 Å². The van der Waals surface area contributed by atoms with E-state index in [1.165, 1.54) is 26.3 Å². The number of hydrogen-bond donors (Lipinski definition) is 0. The first kappa shape index (κ1) is 11.6. The van der Waals surface area contributed by atoms with Gasteiger partial charge in [-0.1, -0.05) is 26.5 Å². The van der Waals surface area contributed by atoms with Gasteiger partial charge >= 0.3 is 0 Å². The molecule has 0 amide bonds. The third-order valence-corrected chi connectivity index (χ3v) is 3.86. The second-order valence-corrected chi connectivity index (χ2v) is 5.41. The van der Waals surface area contributed by atoms with E-state index in [-0.39, 0.29) is 4.90 Å². The molecule has 0 atom stereocenters. The Hall–Kier alpha value is -0.430. The summed E-state index contributed by atoms with van der Waals surface area (Å²) < 4.78 is 24.9. The third-order valence-electron chi connectivity index (χ3n) is 1.69. The van der Waals surface area contributed by atoms with Crippen LogP contribution in [0.5, 0.6) is 0 Å². The molecule has 14 heavy (non-hydrogen) atoms. The Morgan fingerprint density at radius 1 is 1.43 bits per heavy atom. The quantitative estimate of drug-likeness (QED) is 0.791. The first-order valence-electron chi connectivity index (χ1n) is 3.77. The molecule has 1 aromatic rings. The zero-order valence-electron chi connectivity index (χ0n) is 7.77. The predicted molar refractivity (Wildman–Crippen MR) is 56.1 cm³/mol. The summed E-state index contributed by atoms with van der Waals surface area (Å²) in [5, 5.41) is 0. The van der Waals surface area contributed by atoms with E-state index in [4.69, 9.17) is 0 Å². The van der Waals surface area contributed by atoms with Gasteiger partial charge in [0.15, 0.2) is 0 Å². The Kier molecular flexibility index (Phi) is 3.65. The lowest BCUT2D eigenvalue weighted by atomic mass is 10.4. The molecule has 1 rings (SSSR count). The molecule has 1 aromatic carbocycles. The Morgan fingerprint density at radius 3 is 2.57 bits per heavy atom. The Balaban J connectivity index is 3.17. The molecule has 0 saturated carbocycles.